The van der Waals surface area contributed by atoms with Crippen molar-refractivity contribution in [3.8, 4) is 5.75 Å². The summed E-state index contributed by atoms with van der Waals surface area (Å²) in [6.07, 6.45) is 0.851. The topological polar surface area (TPSA) is 68.7 Å². The van der Waals surface area contributed by atoms with Gasteiger partial charge in [-0.05, 0) is 43.2 Å². The number of carbonyl (C=O) groups excluding carboxylic acids is 1. The molecule has 150 valence electrons. The Morgan fingerprint density at radius 2 is 1.79 bits per heavy atom. The first-order valence-corrected chi connectivity index (χ1v) is 10.0. The lowest BCUT2D eigenvalue weighted by molar-refractivity contribution is 0.0656. The lowest BCUT2D eigenvalue weighted by Gasteiger charge is -2.24. The SMILES string of the molecule is CC(N)c1ccc(C(=O)N2CC(c3ccccc3)CC2COc2ccccc2)o1. The van der Waals surface area contributed by atoms with Crippen molar-refractivity contribution < 1.29 is 13.9 Å². The number of furan rings is 1. The molecule has 3 atom stereocenters. The van der Waals surface area contributed by atoms with Gasteiger partial charge in [0.25, 0.3) is 5.91 Å². The Balaban J connectivity index is 1.54. The average Bonchev–Trinajstić information content (AvgIpc) is 3.41. The number of likely N-dealkylation sites (tertiary alicyclic amines) is 1. The summed E-state index contributed by atoms with van der Waals surface area (Å²) in [5, 5.41) is 0. The highest BCUT2D eigenvalue weighted by atomic mass is 16.5. The molecule has 4 rings (SSSR count). The summed E-state index contributed by atoms with van der Waals surface area (Å²) in [5.74, 6) is 1.91. The summed E-state index contributed by atoms with van der Waals surface area (Å²) in [6, 6.07) is 23.2. The number of hydrogen-bond acceptors (Lipinski definition) is 4. The van der Waals surface area contributed by atoms with Crippen LogP contribution in [0.1, 0.15) is 47.2 Å². The van der Waals surface area contributed by atoms with E-state index in [0.717, 1.165) is 12.2 Å². The number of carbonyl (C=O) groups is 1. The van der Waals surface area contributed by atoms with E-state index in [1.165, 1.54) is 5.56 Å². The highest BCUT2D eigenvalue weighted by Gasteiger charge is 2.37. The second kappa shape index (κ2) is 8.53. The van der Waals surface area contributed by atoms with Crippen molar-refractivity contribution in [1.82, 2.24) is 4.90 Å². The van der Waals surface area contributed by atoms with Gasteiger partial charge in [-0.25, -0.2) is 0 Å². The van der Waals surface area contributed by atoms with E-state index < -0.39 is 0 Å². The molecule has 5 heteroatoms. The number of amides is 1. The minimum atomic E-state index is -0.246. The molecular formula is C24H26N2O3. The molecule has 1 aromatic heterocycles. The second-order valence-corrected chi connectivity index (χ2v) is 7.57. The average molecular weight is 390 g/mol. The standard InChI is InChI=1S/C24H26N2O3/c1-17(25)22-12-13-23(29-22)24(27)26-15-19(18-8-4-2-5-9-18)14-20(26)16-28-21-10-6-3-7-11-21/h2-13,17,19-20H,14-16,25H2,1H3. The van der Waals surface area contributed by atoms with E-state index >= 15 is 0 Å². The van der Waals surface area contributed by atoms with E-state index in [2.05, 4.69) is 12.1 Å². The van der Waals surface area contributed by atoms with Gasteiger partial charge in [0.05, 0.1) is 12.1 Å². The molecule has 3 unspecified atom stereocenters. The third-order valence-electron chi connectivity index (χ3n) is 5.42. The minimum Gasteiger partial charge on any atom is -0.491 e. The van der Waals surface area contributed by atoms with Gasteiger partial charge >= 0.3 is 0 Å². The predicted molar refractivity (Wildman–Crippen MR) is 112 cm³/mol. The number of benzene rings is 2. The van der Waals surface area contributed by atoms with Crippen molar-refractivity contribution in [2.75, 3.05) is 13.2 Å². The van der Waals surface area contributed by atoms with Crippen molar-refractivity contribution in [1.29, 1.82) is 0 Å². The number of rotatable bonds is 6. The zero-order valence-electron chi connectivity index (χ0n) is 16.5. The van der Waals surface area contributed by atoms with Crippen LogP contribution in [0.25, 0.3) is 0 Å². The number of para-hydroxylation sites is 1. The first-order valence-electron chi connectivity index (χ1n) is 10.0. The van der Waals surface area contributed by atoms with Crippen molar-refractivity contribution >= 4 is 5.91 Å². The number of hydrogen-bond donors (Lipinski definition) is 1. The van der Waals surface area contributed by atoms with Gasteiger partial charge in [0.1, 0.15) is 18.1 Å². The van der Waals surface area contributed by atoms with E-state index in [1.54, 1.807) is 12.1 Å². The van der Waals surface area contributed by atoms with Crippen molar-refractivity contribution in [2.24, 2.45) is 5.73 Å². The molecule has 0 aliphatic carbocycles. The molecule has 0 radical (unpaired) electrons. The summed E-state index contributed by atoms with van der Waals surface area (Å²) in [7, 11) is 0. The Hall–Kier alpha value is -3.05. The Morgan fingerprint density at radius 1 is 1.10 bits per heavy atom. The molecular weight excluding hydrogens is 364 g/mol. The van der Waals surface area contributed by atoms with Gasteiger partial charge in [0.2, 0.25) is 0 Å². The largest absolute Gasteiger partial charge is 0.491 e. The van der Waals surface area contributed by atoms with Crippen LogP contribution in [-0.2, 0) is 0 Å². The maximum Gasteiger partial charge on any atom is 0.289 e. The number of ether oxygens (including phenoxy) is 1. The fourth-order valence-electron chi connectivity index (χ4n) is 3.85. The summed E-state index contributed by atoms with van der Waals surface area (Å²) < 4.78 is 11.7. The Bertz CT molecular complexity index is 937. The smallest absolute Gasteiger partial charge is 0.289 e. The van der Waals surface area contributed by atoms with Gasteiger partial charge in [-0.15, -0.1) is 0 Å². The maximum absolute atomic E-state index is 13.2. The van der Waals surface area contributed by atoms with Gasteiger partial charge in [-0.1, -0.05) is 48.5 Å². The summed E-state index contributed by atoms with van der Waals surface area (Å²) in [5.41, 5.74) is 7.12. The molecule has 1 aliphatic rings. The van der Waals surface area contributed by atoms with Crippen LogP contribution in [-0.4, -0.2) is 30.0 Å². The first kappa shape index (κ1) is 19.3. The van der Waals surface area contributed by atoms with Crippen molar-refractivity contribution in [2.45, 2.75) is 31.3 Å². The third kappa shape index (κ3) is 4.35. The molecule has 2 heterocycles. The van der Waals surface area contributed by atoms with Crippen LogP contribution in [0.5, 0.6) is 5.75 Å². The zero-order valence-corrected chi connectivity index (χ0v) is 16.5. The van der Waals surface area contributed by atoms with Gasteiger partial charge in [-0.3, -0.25) is 4.79 Å². The molecule has 2 aromatic carbocycles. The monoisotopic (exact) mass is 390 g/mol. The third-order valence-corrected chi connectivity index (χ3v) is 5.42. The molecule has 3 aromatic rings. The van der Waals surface area contributed by atoms with Crippen LogP contribution >= 0.6 is 0 Å². The lowest BCUT2D eigenvalue weighted by Crippen LogP contribution is -2.39. The van der Waals surface area contributed by atoms with E-state index in [0.29, 0.717) is 24.7 Å². The van der Waals surface area contributed by atoms with E-state index in [4.69, 9.17) is 14.9 Å². The van der Waals surface area contributed by atoms with Crippen LogP contribution < -0.4 is 10.5 Å². The quantitative estimate of drug-likeness (QED) is 0.678. The van der Waals surface area contributed by atoms with Crippen LogP contribution in [0.2, 0.25) is 0 Å². The van der Waals surface area contributed by atoms with Gasteiger partial charge in [0, 0.05) is 12.5 Å². The molecule has 29 heavy (non-hydrogen) atoms. The maximum atomic E-state index is 13.2. The molecule has 1 aliphatic heterocycles. The second-order valence-electron chi connectivity index (χ2n) is 7.57. The molecule has 0 spiro atoms. The predicted octanol–water partition coefficient (Wildman–Crippen LogP) is 4.38. The van der Waals surface area contributed by atoms with Crippen LogP contribution in [0.4, 0.5) is 0 Å². The number of nitrogens with two attached hydrogens (primary N) is 1. The first-order chi connectivity index (χ1) is 14.1. The van der Waals surface area contributed by atoms with E-state index in [-0.39, 0.29) is 23.9 Å². The van der Waals surface area contributed by atoms with Crippen molar-refractivity contribution in [3.05, 3.63) is 89.9 Å². The van der Waals surface area contributed by atoms with Gasteiger partial charge < -0.3 is 19.8 Å². The number of nitrogens with zero attached hydrogens (tertiary/aromatic N) is 1. The highest BCUT2D eigenvalue weighted by molar-refractivity contribution is 5.92. The van der Waals surface area contributed by atoms with Gasteiger partial charge in [-0.2, -0.15) is 0 Å². The Labute approximate surface area is 171 Å². The summed E-state index contributed by atoms with van der Waals surface area (Å²) in [4.78, 5) is 15.1. The fourth-order valence-corrected chi connectivity index (χ4v) is 3.85. The summed E-state index contributed by atoms with van der Waals surface area (Å²) >= 11 is 0. The fraction of sp³-hybridized carbons (Fsp3) is 0.292. The summed E-state index contributed by atoms with van der Waals surface area (Å²) in [6.45, 7) is 2.92. The zero-order chi connectivity index (χ0) is 20.2. The minimum absolute atomic E-state index is 0.0308. The van der Waals surface area contributed by atoms with Crippen LogP contribution in [0, 0.1) is 0 Å². The molecule has 1 amide bonds. The van der Waals surface area contributed by atoms with Gasteiger partial charge in [0.15, 0.2) is 5.76 Å². The molecule has 0 bridgehead atoms. The normalized spacial score (nSPS) is 19.9. The molecule has 1 fully saturated rings. The molecule has 5 nitrogen and oxygen atoms in total. The van der Waals surface area contributed by atoms with Crippen LogP contribution in [0.3, 0.4) is 0 Å². The highest BCUT2D eigenvalue weighted by Crippen LogP contribution is 2.33. The molecule has 0 saturated carbocycles. The molecule has 2 N–H and O–H groups in total. The molecule has 1 saturated heterocycles. The Kier molecular flexibility index (Phi) is 5.67. The van der Waals surface area contributed by atoms with E-state index in [1.807, 2.05) is 60.4 Å². The lowest BCUT2D eigenvalue weighted by atomic mass is 9.97. The van der Waals surface area contributed by atoms with Crippen LogP contribution in [0.15, 0.2) is 77.2 Å². The Morgan fingerprint density at radius 3 is 2.45 bits per heavy atom. The van der Waals surface area contributed by atoms with E-state index in [9.17, 15) is 4.79 Å². The van der Waals surface area contributed by atoms with Crippen molar-refractivity contribution in [3.63, 3.8) is 0 Å².